The van der Waals surface area contributed by atoms with Crippen LogP contribution < -0.4 is 10.0 Å². The highest BCUT2D eigenvalue weighted by Crippen LogP contribution is 2.14. The maximum Gasteiger partial charge on any atom is 0.274 e. The van der Waals surface area contributed by atoms with Gasteiger partial charge in [0.1, 0.15) is 5.76 Å². The van der Waals surface area contributed by atoms with Gasteiger partial charge in [-0.1, -0.05) is 0 Å². The molecule has 2 aromatic heterocycles. The third kappa shape index (κ3) is 3.22. The number of sulfonamides is 1. The molecule has 0 fully saturated rings. The molecule has 0 spiro atoms. The molecule has 0 aliphatic carbocycles. The van der Waals surface area contributed by atoms with Crippen molar-refractivity contribution in [2.24, 2.45) is 7.05 Å². The predicted molar refractivity (Wildman–Crippen MR) is 68.7 cm³/mol. The molecule has 0 bridgehead atoms. The Balaban J connectivity index is 2.07. The highest BCUT2D eigenvalue weighted by Gasteiger charge is 2.18. The van der Waals surface area contributed by atoms with Gasteiger partial charge in [-0.2, -0.15) is 5.10 Å². The van der Waals surface area contributed by atoms with Gasteiger partial charge in [-0.3, -0.25) is 4.68 Å². The zero-order valence-electron chi connectivity index (χ0n) is 10.8. The van der Waals surface area contributed by atoms with E-state index in [0.29, 0.717) is 12.3 Å². The largest absolute Gasteiger partial charge is 0.447 e. The lowest BCUT2D eigenvalue weighted by Gasteiger charge is -2.04. The molecule has 7 nitrogen and oxygen atoms in total. The van der Waals surface area contributed by atoms with Crippen LogP contribution in [0, 0.1) is 0 Å². The smallest absolute Gasteiger partial charge is 0.274 e. The van der Waals surface area contributed by atoms with Crippen LogP contribution in [0.5, 0.6) is 0 Å². The van der Waals surface area contributed by atoms with E-state index in [9.17, 15) is 8.42 Å². The van der Waals surface area contributed by atoms with E-state index >= 15 is 0 Å². The monoisotopic (exact) mass is 284 g/mol. The van der Waals surface area contributed by atoms with E-state index in [1.165, 1.54) is 6.07 Å². The first-order valence-electron chi connectivity index (χ1n) is 5.73. The van der Waals surface area contributed by atoms with Gasteiger partial charge in [0.05, 0.1) is 18.8 Å². The average molecular weight is 284 g/mol. The molecule has 2 heterocycles. The second-order valence-corrected chi connectivity index (χ2v) is 5.72. The molecule has 0 saturated heterocycles. The van der Waals surface area contributed by atoms with Crippen molar-refractivity contribution in [3.8, 4) is 0 Å². The lowest BCUT2D eigenvalue weighted by Crippen LogP contribution is -2.24. The van der Waals surface area contributed by atoms with E-state index in [-0.39, 0.29) is 11.6 Å². The summed E-state index contributed by atoms with van der Waals surface area (Å²) in [5.74, 6) is 0.573. The summed E-state index contributed by atoms with van der Waals surface area (Å²) < 4.78 is 33.3. The zero-order valence-corrected chi connectivity index (χ0v) is 11.6. The first-order chi connectivity index (χ1) is 9.03. The normalized spacial score (nSPS) is 11.9. The predicted octanol–water partition coefficient (Wildman–Crippen LogP) is 0.211. The Morgan fingerprint density at radius 2 is 2.11 bits per heavy atom. The summed E-state index contributed by atoms with van der Waals surface area (Å²) in [6.07, 6.45) is 1.61. The molecule has 104 valence electrons. The Morgan fingerprint density at radius 1 is 1.32 bits per heavy atom. The summed E-state index contributed by atoms with van der Waals surface area (Å²) in [6.45, 7) is 0.651. The maximum absolute atomic E-state index is 12.0. The molecule has 0 saturated carbocycles. The van der Waals surface area contributed by atoms with Crippen LogP contribution in [0.2, 0.25) is 0 Å². The molecular weight excluding hydrogens is 268 g/mol. The minimum absolute atomic E-state index is 0.0834. The number of rotatable bonds is 6. The van der Waals surface area contributed by atoms with Crippen molar-refractivity contribution < 1.29 is 12.8 Å². The van der Waals surface area contributed by atoms with Gasteiger partial charge in [-0.15, -0.1) is 0 Å². The van der Waals surface area contributed by atoms with E-state index < -0.39 is 10.0 Å². The number of aromatic nitrogens is 2. The first-order valence-corrected chi connectivity index (χ1v) is 7.21. The molecule has 0 radical (unpaired) electrons. The van der Waals surface area contributed by atoms with E-state index in [4.69, 9.17) is 4.42 Å². The zero-order chi connectivity index (χ0) is 13.9. The van der Waals surface area contributed by atoms with Crippen molar-refractivity contribution in [3.63, 3.8) is 0 Å². The van der Waals surface area contributed by atoms with Crippen LogP contribution in [-0.2, 0) is 30.2 Å². The van der Waals surface area contributed by atoms with Crippen molar-refractivity contribution in [1.82, 2.24) is 19.8 Å². The van der Waals surface area contributed by atoms with Crippen molar-refractivity contribution >= 4 is 10.0 Å². The van der Waals surface area contributed by atoms with Crippen molar-refractivity contribution in [2.45, 2.75) is 18.2 Å². The Hall–Kier alpha value is -1.64. The minimum atomic E-state index is -3.64. The molecule has 0 aliphatic rings. The van der Waals surface area contributed by atoms with Gasteiger partial charge < -0.3 is 9.73 Å². The van der Waals surface area contributed by atoms with Crippen LogP contribution in [0.15, 0.2) is 33.9 Å². The van der Waals surface area contributed by atoms with Gasteiger partial charge in [-0.05, 0) is 25.2 Å². The molecule has 8 heteroatoms. The number of furan rings is 1. The number of hydrogen-bond acceptors (Lipinski definition) is 5. The Kier molecular flexibility index (Phi) is 4.03. The van der Waals surface area contributed by atoms with E-state index in [1.54, 1.807) is 37.1 Å². The van der Waals surface area contributed by atoms with Crippen LogP contribution in [0.1, 0.15) is 11.5 Å². The van der Waals surface area contributed by atoms with Gasteiger partial charge in [-0.25, -0.2) is 13.1 Å². The molecule has 0 atom stereocenters. The summed E-state index contributed by atoms with van der Waals surface area (Å²) >= 11 is 0. The van der Waals surface area contributed by atoms with E-state index in [2.05, 4.69) is 15.1 Å². The molecule has 0 aromatic carbocycles. The average Bonchev–Trinajstić information content (AvgIpc) is 2.97. The fourth-order valence-electron chi connectivity index (χ4n) is 1.59. The standard InChI is InChI=1S/C11H16N4O3S/c1-12-8-10-3-4-11(18-10)19(16,17)14-7-9-5-6-13-15(9)2/h3-6,12,14H,7-8H2,1-2H3. The minimum Gasteiger partial charge on any atom is -0.447 e. The van der Waals surface area contributed by atoms with Gasteiger partial charge in [0, 0.05) is 13.2 Å². The quantitative estimate of drug-likeness (QED) is 0.791. The molecule has 2 N–H and O–H groups in total. The Morgan fingerprint density at radius 3 is 2.74 bits per heavy atom. The highest BCUT2D eigenvalue weighted by molar-refractivity contribution is 7.89. The second-order valence-electron chi connectivity index (χ2n) is 4.02. The maximum atomic E-state index is 12.0. The fraction of sp³-hybridized carbons (Fsp3) is 0.364. The van der Waals surface area contributed by atoms with Crippen LogP contribution in [0.4, 0.5) is 0 Å². The number of hydrogen-bond donors (Lipinski definition) is 2. The molecule has 0 aliphatic heterocycles. The van der Waals surface area contributed by atoms with Crippen molar-refractivity contribution in [3.05, 3.63) is 35.9 Å². The van der Waals surface area contributed by atoms with Gasteiger partial charge >= 0.3 is 0 Å². The summed E-state index contributed by atoms with van der Waals surface area (Å²) in [6, 6.07) is 4.82. The molecular formula is C11H16N4O3S. The number of nitrogens with one attached hydrogen (secondary N) is 2. The molecule has 0 amide bonds. The van der Waals surface area contributed by atoms with E-state index in [0.717, 1.165) is 5.69 Å². The van der Waals surface area contributed by atoms with Gasteiger partial charge in [0.15, 0.2) is 0 Å². The summed E-state index contributed by atoms with van der Waals surface area (Å²) in [5, 5.41) is 6.78. The molecule has 19 heavy (non-hydrogen) atoms. The number of aryl methyl sites for hydroxylation is 1. The second kappa shape index (κ2) is 5.55. The summed E-state index contributed by atoms with van der Waals surface area (Å²) in [4.78, 5) is 0. The molecule has 2 rings (SSSR count). The Labute approximate surface area is 111 Å². The van der Waals surface area contributed by atoms with E-state index in [1.807, 2.05) is 0 Å². The third-order valence-corrected chi connectivity index (χ3v) is 3.89. The fourth-order valence-corrected chi connectivity index (χ4v) is 2.53. The van der Waals surface area contributed by atoms with Crippen molar-refractivity contribution in [1.29, 1.82) is 0 Å². The van der Waals surface area contributed by atoms with Crippen LogP contribution in [-0.4, -0.2) is 25.2 Å². The van der Waals surface area contributed by atoms with Gasteiger partial charge in [0.25, 0.3) is 10.0 Å². The van der Waals surface area contributed by atoms with Crippen LogP contribution in [0.3, 0.4) is 0 Å². The highest BCUT2D eigenvalue weighted by atomic mass is 32.2. The first kappa shape index (κ1) is 13.8. The summed E-state index contributed by atoms with van der Waals surface area (Å²) in [5.41, 5.74) is 0.769. The van der Waals surface area contributed by atoms with Gasteiger partial charge in [0.2, 0.25) is 5.09 Å². The molecule has 0 unspecified atom stereocenters. The van der Waals surface area contributed by atoms with Crippen LogP contribution in [0.25, 0.3) is 0 Å². The number of nitrogens with zero attached hydrogens (tertiary/aromatic N) is 2. The molecule has 2 aromatic rings. The summed E-state index contributed by atoms with van der Waals surface area (Å²) in [7, 11) is -0.123. The SMILES string of the molecule is CNCc1ccc(S(=O)(=O)NCc2ccnn2C)o1. The third-order valence-electron chi connectivity index (χ3n) is 2.62. The Bertz CT molecular complexity index is 644. The topological polar surface area (TPSA) is 89.2 Å². The van der Waals surface area contributed by atoms with Crippen molar-refractivity contribution in [2.75, 3.05) is 7.05 Å². The lowest BCUT2D eigenvalue weighted by atomic mass is 10.4. The van der Waals surface area contributed by atoms with Crippen LogP contribution >= 0.6 is 0 Å². The lowest BCUT2D eigenvalue weighted by molar-refractivity contribution is 0.404.